The van der Waals surface area contributed by atoms with Crippen molar-refractivity contribution < 1.29 is 37.8 Å². The standard InChI is InChI=1S/C6H13NO.Y/c1-3-7(4-2)5-6-8;/h8H,1-6H2;/q-2;. The molecule has 0 aliphatic carbocycles. The Balaban J connectivity index is 0. The van der Waals surface area contributed by atoms with E-state index in [-0.39, 0.29) is 39.3 Å². The SMILES string of the molecule is [CH2-]CN(C[CH2-])CCO.[Y]. The molecule has 53 valence electrons. The van der Waals surface area contributed by atoms with E-state index in [1.165, 1.54) is 0 Å². The molecule has 0 rings (SSSR count). The maximum Gasteiger partial charge on any atom is 0.0556 e. The fourth-order valence-electron chi connectivity index (χ4n) is 0.477. The summed E-state index contributed by atoms with van der Waals surface area (Å²) in [5.41, 5.74) is 0. The van der Waals surface area contributed by atoms with E-state index in [9.17, 15) is 0 Å². The van der Waals surface area contributed by atoms with Crippen molar-refractivity contribution in [2.45, 2.75) is 0 Å². The first-order valence-corrected chi connectivity index (χ1v) is 2.76. The van der Waals surface area contributed by atoms with Crippen molar-refractivity contribution in [1.29, 1.82) is 0 Å². The second-order valence-corrected chi connectivity index (χ2v) is 1.57. The average Bonchev–Trinajstić information content (AvgIpc) is 1.83. The van der Waals surface area contributed by atoms with Gasteiger partial charge in [-0.3, -0.25) is 0 Å². The molecule has 0 aliphatic rings. The zero-order valence-electron chi connectivity index (χ0n) is 5.71. The van der Waals surface area contributed by atoms with Crippen molar-refractivity contribution in [3.8, 4) is 0 Å². The number of hydrogen-bond acceptors (Lipinski definition) is 2. The molecule has 0 aromatic carbocycles. The summed E-state index contributed by atoms with van der Waals surface area (Å²) in [4.78, 5) is 1.96. The van der Waals surface area contributed by atoms with Gasteiger partial charge in [-0.1, -0.05) is 0 Å². The van der Waals surface area contributed by atoms with Gasteiger partial charge in [0.15, 0.2) is 0 Å². The van der Waals surface area contributed by atoms with Crippen LogP contribution >= 0.6 is 0 Å². The largest absolute Gasteiger partial charge is 0.395 e. The molecule has 0 unspecified atom stereocenters. The van der Waals surface area contributed by atoms with Crippen LogP contribution in [0.3, 0.4) is 0 Å². The second kappa shape index (κ2) is 9.02. The first-order chi connectivity index (χ1) is 3.85. The summed E-state index contributed by atoms with van der Waals surface area (Å²) in [5.74, 6) is 0. The van der Waals surface area contributed by atoms with E-state index < -0.39 is 0 Å². The Morgan fingerprint density at radius 2 is 1.67 bits per heavy atom. The molecule has 0 atom stereocenters. The third kappa shape index (κ3) is 6.91. The zero-order valence-corrected chi connectivity index (χ0v) is 8.55. The van der Waals surface area contributed by atoms with Gasteiger partial charge in [0.1, 0.15) is 0 Å². The van der Waals surface area contributed by atoms with E-state index >= 15 is 0 Å². The molecule has 1 N–H and O–H groups in total. The van der Waals surface area contributed by atoms with E-state index in [2.05, 4.69) is 13.8 Å². The van der Waals surface area contributed by atoms with E-state index in [0.29, 0.717) is 6.54 Å². The quantitative estimate of drug-likeness (QED) is 0.649. The van der Waals surface area contributed by atoms with Crippen LogP contribution in [0.5, 0.6) is 0 Å². The van der Waals surface area contributed by atoms with E-state index in [1.807, 2.05) is 4.90 Å². The van der Waals surface area contributed by atoms with Crippen LogP contribution in [-0.4, -0.2) is 36.2 Å². The number of aliphatic hydroxyl groups excluding tert-OH is 1. The van der Waals surface area contributed by atoms with Crippen molar-refractivity contribution in [1.82, 2.24) is 4.90 Å². The molecular formula is C6H13NOY-2. The van der Waals surface area contributed by atoms with Crippen molar-refractivity contribution in [2.75, 3.05) is 26.2 Å². The molecule has 0 aromatic rings. The molecule has 0 saturated heterocycles. The van der Waals surface area contributed by atoms with Crippen LogP contribution in [0, 0.1) is 13.8 Å². The van der Waals surface area contributed by atoms with Gasteiger partial charge in [0.2, 0.25) is 0 Å². The summed E-state index contributed by atoms with van der Waals surface area (Å²) in [6.45, 7) is 9.64. The summed E-state index contributed by atoms with van der Waals surface area (Å²) in [5, 5.41) is 8.40. The van der Waals surface area contributed by atoms with Gasteiger partial charge in [0.05, 0.1) is 6.61 Å². The van der Waals surface area contributed by atoms with Gasteiger partial charge in [0, 0.05) is 39.3 Å². The molecule has 3 heteroatoms. The van der Waals surface area contributed by atoms with Gasteiger partial charge in [-0.2, -0.15) is 0 Å². The van der Waals surface area contributed by atoms with Crippen LogP contribution < -0.4 is 0 Å². The van der Waals surface area contributed by atoms with Gasteiger partial charge in [-0.15, -0.1) is 13.1 Å². The first-order valence-electron chi connectivity index (χ1n) is 2.76. The Morgan fingerprint density at radius 3 is 1.78 bits per heavy atom. The molecule has 1 radical (unpaired) electrons. The van der Waals surface area contributed by atoms with Crippen LogP contribution in [0.25, 0.3) is 0 Å². The van der Waals surface area contributed by atoms with Crippen LogP contribution in [0.15, 0.2) is 0 Å². The number of rotatable bonds is 4. The topological polar surface area (TPSA) is 23.5 Å². The van der Waals surface area contributed by atoms with Crippen molar-refractivity contribution in [3.63, 3.8) is 0 Å². The van der Waals surface area contributed by atoms with Crippen LogP contribution in [0.2, 0.25) is 0 Å². The molecule has 0 heterocycles. The number of nitrogens with zero attached hydrogens (tertiary/aromatic N) is 1. The number of aliphatic hydroxyl groups is 1. The predicted octanol–water partition coefficient (Wildman–Crippen LogP) is -0.0536. The second-order valence-electron chi connectivity index (χ2n) is 1.57. The molecule has 0 aromatic heterocycles. The van der Waals surface area contributed by atoms with Crippen LogP contribution in [-0.2, 0) is 32.7 Å². The summed E-state index contributed by atoms with van der Waals surface area (Å²) in [6, 6.07) is 0. The average molecular weight is 204 g/mol. The Morgan fingerprint density at radius 1 is 1.22 bits per heavy atom. The molecule has 0 amide bonds. The third-order valence-corrected chi connectivity index (χ3v) is 1.05. The van der Waals surface area contributed by atoms with E-state index in [0.717, 1.165) is 13.1 Å². The van der Waals surface area contributed by atoms with Gasteiger partial charge in [0.25, 0.3) is 0 Å². The fraction of sp³-hybridized carbons (Fsp3) is 0.667. The Bertz CT molecular complexity index is 48.3. The minimum absolute atomic E-state index is 0. The minimum Gasteiger partial charge on any atom is -0.395 e. The summed E-state index contributed by atoms with van der Waals surface area (Å²) >= 11 is 0. The zero-order chi connectivity index (χ0) is 6.41. The summed E-state index contributed by atoms with van der Waals surface area (Å²) in [6.07, 6.45) is 0. The van der Waals surface area contributed by atoms with E-state index in [4.69, 9.17) is 5.11 Å². The molecule has 0 fully saturated rings. The summed E-state index contributed by atoms with van der Waals surface area (Å²) < 4.78 is 0. The molecule has 0 bridgehead atoms. The van der Waals surface area contributed by atoms with Crippen molar-refractivity contribution >= 4 is 0 Å². The summed E-state index contributed by atoms with van der Waals surface area (Å²) in [7, 11) is 0. The van der Waals surface area contributed by atoms with Gasteiger partial charge in [-0.05, 0) is 0 Å². The molecular weight excluding hydrogens is 191 g/mol. The fourth-order valence-corrected chi connectivity index (χ4v) is 0.477. The third-order valence-electron chi connectivity index (χ3n) is 1.05. The number of hydrogen-bond donors (Lipinski definition) is 1. The van der Waals surface area contributed by atoms with Crippen molar-refractivity contribution in [3.05, 3.63) is 13.8 Å². The molecule has 0 saturated carbocycles. The molecule has 9 heavy (non-hydrogen) atoms. The van der Waals surface area contributed by atoms with Gasteiger partial charge >= 0.3 is 0 Å². The molecule has 2 nitrogen and oxygen atoms in total. The first kappa shape index (κ1) is 12.7. The maximum atomic E-state index is 8.40. The van der Waals surface area contributed by atoms with Crippen molar-refractivity contribution in [2.24, 2.45) is 0 Å². The smallest absolute Gasteiger partial charge is 0.0556 e. The Labute approximate surface area is 82.5 Å². The van der Waals surface area contributed by atoms with Crippen LogP contribution in [0.4, 0.5) is 0 Å². The minimum atomic E-state index is 0. The Hall–Kier alpha value is 1.02. The Kier molecular flexibility index (Phi) is 12.7. The normalized spacial score (nSPS) is 9.33. The maximum absolute atomic E-state index is 8.40. The monoisotopic (exact) mass is 204 g/mol. The predicted molar refractivity (Wildman–Crippen MR) is 34.2 cm³/mol. The van der Waals surface area contributed by atoms with E-state index in [1.54, 1.807) is 0 Å². The molecule has 0 spiro atoms. The molecule has 0 aliphatic heterocycles. The van der Waals surface area contributed by atoms with Gasteiger partial charge < -0.3 is 23.9 Å². The van der Waals surface area contributed by atoms with Gasteiger partial charge in [-0.25, -0.2) is 0 Å². The van der Waals surface area contributed by atoms with Crippen LogP contribution in [0.1, 0.15) is 0 Å².